The van der Waals surface area contributed by atoms with Crippen molar-refractivity contribution in [3.63, 3.8) is 0 Å². The summed E-state index contributed by atoms with van der Waals surface area (Å²) in [7, 11) is 0. The molecule has 0 aliphatic carbocycles. The molecule has 0 amide bonds. The summed E-state index contributed by atoms with van der Waals surface area (Å²) >= 11 is 0.0540. The normalized spacial score (nSPS) is 11.1. The van der Waals surface area contributed by atoms with Crippen LogP contribution in [-0.4, -0.2) is 23.2 Å². The number of pyridine rings is 2. The van der Waals surface area contributed by atoms with Crippen molar-refractivity contribution in [2.45, 2.75) is 31.1 Å². The van der Waals surface area contributed by atoms with E-state index >= 15 is 0 Å². The summed E-state index contributed by atoms with van der Waals surface area (Å²) in [6.45, 7) is 4.30. The molecule has 3 heterocycles. The van der Waals surface area contributed by atoms with E-state index < -0.39 is 13.3 Å². The van der Waals surface area contributed by atoms with Crippen molar-refractivity contribution in [2.24, 2.45) is 0 Å². The molecule has 0 aliphatic heterocycles. The van der Waals surface area contributed by atoms with Gasteiger partial charge in [-0.3, -0.25) is 0 Å². The number of rotatable bonds is 4. The third-order valence-electron chi connectivity index (χ3n) is 7.62. The summed E-state index contributed by atoms with van der Waals surface area (Å²) in [6, 6.07) is 42.4. The predicted octanol–water partition coefficient (Wildman–Crippen LogP) is 10.3. The molecule has 0 bridgehead atoms. The number of thiophene rings is 1. The fourth-order valence-corrected chi connectivity index (χ4v) is 10.4. The minimum absolute atomic E-state index is 0. The molecular formula is C39H34GeIrN2S-2. The summed E-state index contributed by atoms with van der Waals surface area (Å²) < 4.78 is 4.04. The zero-order valence-corrected chi connectivity index (χ0v) is 30.9. The Morgan fingerprint density at radius 1 is 0.727 bits per heavy atom. The third-order valence-corrected chi connectivity index (χ3v) is 13.3. The van der Waals surface area contributed by atoms with Crippen molar-refractivity contribution in [3.8, 4) is 33.6 Å². The van der Waals surface area contributed by atoms with E-state index in [1.54, 1.807) is 0 Å². The molecule has 0 atom stereocenters. The molecule has 221 valence electrons. The Morgan fingerprint density at radius 3 is 2.23 bits per heavy atom. The molecule has 7 rings (SSSR count). The molecule has 1 radical (unpaired) electrons. The van der Waals surface area contributed by atoms with Crippen molar-refractivity contribution in [2.75, 3.05) is 0 Å². The smallest absolute Gasteiger partial charge is 0.0245 e. The van der Waals surface area contributed by atoms with E-state index in [1.165, 1.54) is 46.8 Å². The number of nitrogens with zero attached hydrogens (tertiary/aromatic N) is 2. The van der Waals surface area contributed by atoms with Gasteiger partial charge in [-0.1, -0.05) is 59.5 Å². The first-order valence-corrected chi connectivity index (χ1v) is 22.7. The fraction of sp³-hybridized carbons (Fsp3) is 0.128. The Morgan fingerprint density at radius 2 is 1.52 bits per heavy atom. The van der Waals surface area contributed by atoms with Crippen LogP contribution < -0.4 is 4.40 Å². The van der Waals surface area contributed by atoms with Gasteiger partial charge in [-0.15, -0.1) is 23.8 Å². The van der Waals surface area contributed by atoms with Gasteiger partial charge in [0.05, 0.1) is 0 Å². The van der Waals surface area contributed by atoms with Gasteiger partial charge in [-0.25, -0.2) is 0 Å². The second-order valence-corrected chi connectivity index (χ2v) is 23.5. The molecule has 0 N–H and O–H groups in total. The van der Waals surface area contributed by atoms with Crippen LogP contribution in [0.3, 0.4) is 0 Å². The molecule has 4 aromatic carbocycles. The van der Waals surface area contributed by atoms with Gasteiger partial charge < -0.3 is 4.98 Å². The number of aryl methyl sites for hydroxylation is 2. The van der Waals surface area contributed by atoms with E-state index in [0.717, 1.165) is 22.5 Å². The van der Waals surface area contributed by atoms with Gasteiger partial charge in [0, 0.05) is 31.0 Å². The van der Waals surface area contributed by atoms with E-state index in [0.29, 0.717) is 0 Å². The van der Waals surface area contributed by atoms with E-state index in [2.05, 4.69) is 132 Å². The Kier molecular flexibility index (Phi) is 9.97. The first kappa shape index (κ1) is 32.0. The van der Waals surface area contributed by atoms with E-state index in [1.807, 2.05) is 47.9 Å². The van der Waals surface area contributed by atoms with E-state index in [4.69, 9.17) is 0 Å². The van der Waals surface area contributed by atoms with Gasteiger partial charge in [0.15, 0.2) is 0 Å². The van der Waals surface area contributed by atoms with Crippen LogP contribution >= 0.6 is 11.3 Å². The van der Waals surface area contributed by atoms with Gasteiger partial charge >= 0.3 is 106 Å². The van der Waals surface area contributed by atoms with Crippen molar-refractivity contribution < 1.29 is 20.1 Å². The number of hydrogen-bond donors (Lipinski definition) is 0. The second-order valence-electron chi connectivity index (χ2n) is 11.9. The first-order chi connectivity index (χ1) is 20.8. The fourth-order valence-electron chi connectivity index (χ4n) is 5.55. The molecule has 7 aromatic rings. The SMILES string of the molecule is Cc1cc(-c2[c-]cccc2)nc[c]1[Ge]([CH3])([CH3])[CH3].Cc1ccnc(-c2[c-]ccc3c2sc2cccc(-c4ccccc4)c23)c1.[Ir]. The monoisotopic (exact) mass is 829 g/mol. The zero-order chi connectivity index (χ0) is 30.0. The van der Waals surface area contributed by atoms with Crippen molar-refractivity contribution >= 4 is 49.2 Å². The van der Waals surface area contributed by atoms with Crippen LogP contribution in [0.1, 0.15) is 11.1 Å². The Balaban J connectivity index is 0.000000187. The maximum Gasteiger partial charge on any atom is 0.0245 e. The third kappa shape index (κ3) is 6.79. The minimum atomic E-state index is -1.77. The van der Waals surface area contributed by atoms with Crippen LogP contribution in [-0.2, 0) is 20.1 Å². The van der Waals surface area contributed by atoms with Crippen LogP contribution in [0.25, 0.3) is 53.8 Å². The first-order valence-electron chi connectivity index (χ1n) is 14.6. The average Bonchev–Trinajstić information content (AvgIpc) is 3.41. The summed E-state index contributed by atoms with van der Waals surface area (Å²) in [6.07, 6.45) is 3.95. The van der Waals surface area contributed by atoms with Crippen molar-refractivity contribution in [1.82, 2.24) is 9.97 Å². The zero-order valence-electron chi connectivity index (χ0n) is 25.6. The molecule has 0 saturated carbocycles. The molecule has 2 nitrogen and oxygen atoms in total. The molecule has 3 aromatic heterocycles. The summed E-state index contributed by atoms with van der Waals surface area (Å²) in [5.74, 6) is 7.20. The molecule has 5 heteroatoms. The topological polar surface area (TPSA) is 25.8 Å². The summed E-state index contributed by atoms with van der Waals surface area (Å²) in [5.41, 5.74) is 9.30. The Hall–Kier alpha value is -3.41. The Labute approximate surface area is 281 Å². The van der Waals surface area contributed by atoms with Gasteiger partial charge in [0.1, 0.15) is 0 Å². The predicted molar refractivity (Wildman–Crippen MR) is 188 cm³/mol. The van der Waals surface area contributed by atoms with Gasteiger partial charge in [-0.05, 0) is 46.0 Å². The van der Waals surface area contributed by atoms with Crippen LogP contribution in [0.5, 0.6) is 0 Å². The molecule has 0 unspecified atom stereocenters. The quantitative estimate of drug-likeness (QED) is 0.131. The maximum absolute atomic E-state index is 4.59. The standard InChI is InChI=1S/C24H16NS.C15H18GeN.Ir/c1-16-13-14-25-21(15-16)19-10-5-11-20-23-18(17-7-3-2-4-8-17)9-6-12-22(23)26-24(19)20;1-12-10-15(13-8-6-5-7-9-13)17-11-14(12)16(2,3)4;/h2-9,11-15H,1H3;5-8,10-11H,1-4H3;/q2*-1;. The van der Waals surface area contributed by atoms with Gasteiger partial charge in [0.2, 0.25) is 0 Å². The van der Waals surface area contributed by atoms with Crippen molar-refractivity contribution in [1.29, 1.82) is 0 Å². The largest absolute Gasteiger partial charge is 0.305 e. The molecule has 44 heavy (non-hydrogen) atoms. The molecular weight excluding hydrogens is 793 g/mol. The maximum atomic E-state index is 4.59. The number of fused-ring (bicyclic) bond motifs is 3. The molecule has 0 aliphatic rings. The summed E-state index contributed by atoms with van der Waals surface area (Å²) in [4.78, 5) is 9.18. The number of aromatic nitrogens is 2. The van der Waals surface area contributed by atoms with Crippen molar-refractivity contribution in [3.05, 3.63) is 139 Å². The van der Waals surface area contributed by atoms with Crippen LogP contribution in [0.4, 0.5) is 0 Å². The van der Waals surface area contributed by atoms with Crippen LogP contribution in [0.15, 0.2) is 116 Å². The summed E-state index contributed by atoms with van der Waals surface area (Å²) in [5, 5.41) is 2.60. The molecule has 0 saturated heterocycles. The number of hydrogen-bond acceptors (Lipinski definition) is 3. The van der Waals surface area contributed by atoms with Crippen LogP contribution in [0, 0.1) is 26.0 Å². The molecule has 0 fully saturated rings. The van der Waals surface area contributed by atoms with Crippen LogP contribution in [0.2, 0.25) is 17.3 Å². The Bertz CT molecular complexity index is 2030. The minimum Gasteiger partial charge on any atom is -0.305 e. The number of benzene rings is 4. The average molecular weight is 828 g/mol. The van der Waals surface area contributed by atoms with Gasteiger partial charge in [0.25, 0.3) is 0 Å². The second kappa shape index (κ2) is 13.7. The van der Waals surface area contributed by atoms with E-state index in [-0.39, 0.29) is 20.1 Å². The molecule has 0 spiro atoms. The van der Waals surface area contributed by atoms with Gasteiger partial charge in [-0.2, -0.15) is 11.3 Å². The van der Waals surface area contributed by atoms with E-state index in [9.17, 15) is 0 Å².